The van der Waals surface area contributed by atoms with Crippen LogP contribution in [-0.4, -0.2) is 75.8 Å². The molecule has 9 nitrogen and oxygen atoms in total. The molecule has 0 saturated carbocycles. The minimum Gasteiger partial charge on any atom is -0.198 e. The second-order valence-corrected chi connectivity index (χ2v) is 1.97. The monoisotopic (exact) mass is 230 g/mol. The van der Waals surface area contributed by atoms with Crippen molar-refractivity contribution >= 4 is 29.6 Å². The van der Waals surface area contributed by atoms with Gasteiger partial charge in [0.15, 0.2) is 0 Å². The van der Waals surface area contributed by atoms with Crippen LogP contribution < -0.4 is 0 Å². The fourth-order valence-corrected chi connectivity index (χ4v) is 0.500. The fourth-order valence-electron chi connectivity index (χ4n) is 0.500. The molecule has 3 N–H and O–H groups in total. The standard InChI is InChI=1S/3C2H3N3.Na/c3*1-2-4-5-3-1;/h3*1-2H,(H,3,4,5);. The van der Waals surface area contributed by atoms with E-state index in [0.29, 0.717) is 0 Å². The Morgan fingerprint density at radius 2 is 0.625 bits per heavy atom. The smallest absolute Gasteiger partial charge is 0.0690 e. The average molecular weight is 230 g/mol. The van der Waals surface area contributed by atoms with E-state index in [1.54, 1.807) is 37.2 Å². The molecule has 0 fully saturated rings. The Hall–Kier alpha value is -1.58. The summed E-state index contributed by atoms with van der Waals surface area (Å²) < 4.78 is 0. The predicted octanol–water partition coefficient (Wildman–Crippen LogP) is -0.967. The summed E-state index contributed by atoms with van der Waals surface area (Å²) in [7, 11) is 0. The minimum atomic E-state index is 0. The number of H-pyrrole nitrogens is 3. The summed E-state index contributed by atoms with van der Waals surface area (Å²) in [5.41, 5.74) is 0. The van der Waals surface area contributed by atoms with E-state index in [4.69, 9.17) is 0 Å². The molecule has 3 aromatic rings. The molecule has 0 bridgehead atoms. The van der Waals surface area contributed by atoms with Crippen LogP contribution >= 0.6 is 0 Å². The van der Waals surface area contributed by atoms with E-state index < -0.39 is 0 Å². The molecule has 10 heteroatoms. The van der Waals surface area contributed by atoms with Crippen LogP contribution in [0.1, 0.15) is 0 Å². The van der Waals surface area contributed by atoms with Crippen LogP contribution in [0.4, 0.5) is 0 Å². The van der Waals surface area contributed by atoms with Crippen LogP contribution in [-0.2, 0) is 0 Å². The maximum atomic E-state index is 3.49. The molecule has 0 saturated heterocycles. The molecule has 0 aliphatic carbocycles. The quantitative estimate of drug-likeness (QED) is 0.427. The molecule has 0 aliphatic rings. The number of aromatic nitrogens is 9. The molecule has 3 heterocycles. The number of aromatic amines is 3. The zero-order chi connectivity index (χ0) is 10.6. The fraction of sp³-hybridized carbons (Fsp3) is 0. The number of hydrogen-bond acceptors (Lipinski definition) is 6. The van der Waals surface area contributed by atoms with E-state index in [1.807, 2.05) is 0 Å². The maximum absolute atomic E-state index is 3.49. The van der Waals surface area contributed by atoms with Gasteiger partial charge in [-0.1, -0.05) is 0 Å². The number of hydrogen-bond donors (Lipinski definition) is 3. The second kappa shape index (κ2) is 11.5. The molecule has 0 atom stereocenters. The van der Waals surface area contributed by atoms with Gasteiger partial charge in [0.25, 0.3) is 0 Å². The van der Waals surface area contributed by atoms with E-state index >= 15 is 0 Å². The molecule has 1 radical (unpaired) electrons. The van der Waals surface area contributed by atoms with Crippen molar-refractivity contribution in [1.82, 2.24) is 46.2 Å². The first kappa shape index (κ1) is 14.4. The van der Waals surface area contributed by atoms with Crippen LogP contribution in [0, 0.1) is 0 Å². The first-order chi connectivity index (χ1) is 7.50. The maximum Gasteiger partial charge on any atom is 0.0690 e. The molecular weight excluding hydrogens is 221 g/mol. The second-order valence-electron chi connectivity index (χ2n) is 1.97. The van der Waals surface area contributed by atoms with Gasteiger partial charge >= 0.3 is 0 Å². The molecular formula is C6H9N9Na. The van der Waals surface area contributed by atoms with E-state index in [0.717, 1.165) is 0 Å². The van der Waals surface area contributed by atoms with Crippen molar-refractivity contribution < 1.29 is 0 Å². The summed E-state index contributed by atoms with van der Waals surface area (Å²) in [6, 6.07) is 0. The van der Waals surface area contributed by atoms with Gasteiger partial charge in [0.1, 0.15) is 0 Å². The summed E-state index contributed by atoms with van der Waals surface area (Å²) in [6.07, 6.45) is 9.50. The van der Waals surface area contributed by atoms with E-state index in [9.17, 15) is 0 Å². The Labute approximate surface area is 113 Å². The third-order valence-electron chi connectivity index (χ3n) is 0.994. The van der Waals surface area contributed by atoms with Gasteiger partial charge in [0.05, 0.1) is 37.2 Å². The zero-order valence-electron chi connectivity index (χ0n) is 8.65. The third-order valence-corrected chi connectivity index (χ3v) is 0.994. The largest absolute Gasteiger partial charge is 0.198 e. The third kappa shape index (κ3) is 8.99. The van der Waals surface area contributed by atoms with Crippen molar-refractivity contribution in [3.63, 3.8) is 0 Å². The van der Waals surface area contributed by atoms with Crippen molar-refractivity contribution in [2.75, 3.05) is 0 Å². The Kier molecular flexibility index (Phi) is 10.4. The Bertz CT molecular complexity index is 252. The van der Waals surface area contributed by atoms with Crippen LogP contribution in [0.15, 0.2) is 37.2 Å². The number of nitrogens with one attached hydrogen (secondary N) is 3. The molecule has 0 spiro atoms. The Morgan fingerprint density at radius 1 is 0.438 bits per heavy atom. The Morgan fingerprint density at radius 3 is 0.688 bits per heavy atom. The van der Waals surface area contributed by atoms with Crippen molar-refractivity contribution in [3.8, 4) is 0 Å². The Balaban J connectivity index is 0.000000205. The first-order valence-corrected chi connectivity index (χ1v) is 3.89. The predicted molar refractivity (Wildman–Crippen MR) is 54.9 cm³/mol. The molecule has 0 amide bonds. The number of nitrogens with zero attached hydrogens (tertiary/aromatic N) is 6. The molecule has 0 aliphatic heterocycles. The van der Waals surface area contributed by atoms with Gasteiger partial charge in [0.2, 0.25) is 0 Å². The van der Waals surface area contributed by atoms with Gasteiger partial charge in [-0.15, -0.1) is 0 Å². The van der Waals surface area contributed by atoms with Crippen LogP contribution in [0.25, 0.3) is 0 Å². The van der Waals surface area contributed by atoms with E-state index in [1.165, 1.54) is 0 Å². The first-order valence-electron chi connectivity index (χ1n) is 3.89. The van der Waals surface area contributed by atoms with Gasteiger partial charge < -0.3 is 0 Å². The summed E-state index contributed by atoms with van der Waals surface area (Å²) >= 11 is 0. The topological polar surface area (TPSA) is 125 Å². The van der Waals surface area contributed by atoms with E-state index in [2.05, 4.69) is 46.2 Å². The molecule has 0 aromatic carbocycles. The molecule has 0 unspecified atom stereocenters. The molecule has 3 aromatic heterocycles. The summed E-state index contributed by atoms with van der Waals surface area (Å²) in [4.78, 5) is 0. The van der Waals surface area contributed by atoms with Crippen molar-refractivity contribution in [3.05, 3.63) is 37.2 Å². The van der Waals surface area contributed by atoms with Crippen molar-refractivity contribution in [2.24, 2.45) is 0 Å². The van der Waals surface area contributed by atoms with Gasteiger partial charge in [0, 0.05) is 29.6 Å². The summed E-state index contributed by atoms with van der Waals surface area (Å²) in [5, 5.41) is 28.0. The van der Waals surface area contributed by atoms with Crippen LogP contribution in [0.3, 0.4) is 0 Å². The van der Waals surface area contributed by atoms with Gasteiger partial charge in [-0.2, -0.15) is 46.2 Å². The van der Waals surface area contributed by atoms with Crippen LogP contribution in [0.2, 0.25) is 0 Å². The number of rotatable bonds is 0. The normalized spacial score (nSPS) is 7.50. The summed E-state index contributed by atoms with van der Waals surface area (Å²) in [6.45, 7) is 0. The van der Waals surface area contributed by atoms with Gasteiger partial charge in [-0.05, 0) is 0 Å². The summed E-state index contributed by atoms with van der Waals surface area (Å²) in [5.74, 6) is 0. The zero-order valence-corrected chi connectivity index (χ0v) is 10.6. The van der Waals surface area contributed by atoms with Crippen molar-refractivity contribution in [2.45, 2.75) is 0 Å². The molecule has 3 rings (SSSR count). The van der Waals surface area contributed by atoms with Gasteiger partial charge in [-0.25, -0.2) is 0 Å². The van der Waals surface area contributed by atoms with Crippen molar-refractivity contribution in [1.29, 1.82) is 0 Å². The molecule has 79 valence electrons. The van der Waals surface area contributed by atoms with E-state index in [-0.39, 0.29) is 29.6 Å². The SMILES string of the molecule is [Na].c1cn[nH]n1.c1cn[nH]n1.c1cn[nH]n1. The average Bonchev–Trinajstić information content (AvgIpc) is 3.09. The molecule has 16 heavy (non-hydrogen) atoms. The van der Waals surface area contributed by atoms with Crippen LogP contribution in [0.5, 0.6) is 0 Å². The minimum absolute atomic E-state index is 0. The van der Waals surface area contributed by atoms with Gasteiger partial charge in [-0.3, -0.25) is 0 Å².